The average Bonchev–Trinajstić information content (AvgIpc) is 2.26. The maximum atomic E-state index is 11.7. The molecule has 7 nitrogen and oxygen atoms in total. The summed E-state index contributed by atoms with van der Waals surface area (Å²) in [6, 6.07) is 0. The van der Waals surface area contributed by atoms with Crippen molar-refractivity contribution in [3.05, 3.63) is 18.2 Å². The maximum absolute atomic E-state index is 11.7. The molecule has 1 N–H and O–H groups in total. The molecule has 0 aliphatic rings. The zero-order valence-corrected chi connectivity index (χ0v) is 10.7. The van der Waals surface area contributed by atoms with Crippen LogP contribution >= 0.6 is 0 Å². The normalized spacial score (nSPS) is 10.9. The number of hydrogen-bond acceptors (Lipinski definition) is 5. The molecule has 0 unspecified atom stereocenters. The summed E-state index contributed by atoms with van der Waals surface area (Å²) in [6.07, 6.45) is 1.94. The van der Waals surface area contributed by atoms with Gasteiger partial charge in [0.2, 0.25) is 5.82 Å². The van der Waals surface area contributed by atoms with E-state index in [1.807, 2.05) is 0 Å². The summed E-state index contributed by atoms with van der Waals surface area (Å²) in [6.45, 7) is 5.26. The van der Waals surface area contributed by atoms with Crippen LogP contribution in [-0.2, 0) is 4.74 Å². The molecule has 18 heavy (non-hydrogen) atoms. The summed E-state index contributed by atoms with van der Waals surface area (Å²) in [5, 5.41) is 8.65. The van der Waals surface area contributed by atoms with E-state index in [1.54, 1.807) is 20.8 Å². The molecule has 0 aromatic carbocycles. The highest BCUT2D eigenvalue weighted by Gasteiger charge is 2.21. The quantitative estimate of drug-likeness (QED) is 0.859. The van der Waals surface area contributed by atoms with Gasteiger partial charge >= 0.3 is 12.1 Å². The lowest BCUT2D eigenvalue weighted by molar-refractivity contribution is 0.0588. The number of aromatic carboxylic acids is 1. The van der Waals surface area contributed by atoms with Gasteiger partial charge in [-0.15, -0.1) is 0 Å². The minimum atomic E-state index is -1.22. The first-order valence-corrected chi connectivity index (χ1v) is 5.23. The van der Waals surface area contributed by atoms with Crippen molar-refractivity contribution in [1.82, 2.24) is 9.97 Å². The van der Waals surface area contributed by atoms with E-state index in [1.165, 1.54) is 24.3 Å². The predicted molar refractivity (Wildman–Crippen MR) is 63.6 cm³/mol. The van der Waals surface area contributed by atoms with E-state index in [9.17, 15) is 9.59 Å². The summed E-state index contributed by atoms with van der Waals surface area (Å²) in [5.41, 5.74) is -0.248. The van der Waals surface area contributed by atoms with Crippen LogP contribution in [0.2, 0.25) is 0 Å². The summed E-state index contributed by atoms with van der Waals surface area (Å²) in [7, 11) is 1.49. The first kappa shape index (κ1) is 13.9. The number of rotatable bonds is 2. The van der Waals surface area contributed by atoms with Gasteiger partial charge in [-0.3, -0.25) is 4.90 Å². The van der Waals surface area contributed by atoms with Crippen molar-refractivity contribution in [3.8, 4) is 0 Å². The van der Waals surface area contributed by atoms with Gasteiger partial charge in [0.25, 0.3) is 0 Å². The highest BCUT2D eigenvalue weighted by atomic mass is 16.6. The molecule has 0 fully saturated rings. The van der Waals surface area contributed by atoms with Crippen molar-refractivity contribution in [3.63, 3.8) is 0 Å². The van der Waals surface area contributed by atoms with Gasteiger partial charge in [-0.2, -0.15) is 0 Å². The third kappa shape index (κ3) is 3.69. The summed E-state index contributed by atoms with van der Waals surface area (Å²) in [5.74, 6) is -1.54. The van der Waals surface area contributed by atoms with Crippen LogP contribution in [0.4, 0.5) is 10.5 Å². The maximum Gasteiger partial charge on any atom is 0.414 e. The van der Waals surface area contributed by atoms with E-state index in [2.05, 4.69) is 9.97 Å². The van der Waals surface area contributed by atoms with E-state index in [0.29, 0.717) is 5.69 Å². The topological polar surface area (TPSA) is 92.6 Å². The van der Waals surface area contributed by atoms with Crippen LogP contribution in [0, 0.1) is 0 Å². The number of carbonyl (C=O) groups is 2. The number of carboxylic acids is 1. The molecule has 0 bridgehead atoms. The van der Waals surface area contributed by atoms with Crippen molar-refractivity contribution in [2.75, 3.05) is 11.9 Å². The molecular weight excluding hydrogens is 238 g/mol. The Morgan fingerprint density at radius 1 is 1.28 bits per heavy atom. The second-order valence-corrected chi connectivity index (χ2v) is 4.61. The third-order valence-corrected chi connectivity index (χ3v) is 1.88. The highest BCUT2D eigenvalue weighted by molar-refractivity contribution is 5.87. The molecule has 0 spiro atoms. The Hall–Kier alpha value is -2.18. The van der Waals surface area contributed by atoms with Gasteiger partial charge in [-0.05, 0) is 20.8 Å². The standard InChI is InChI=1S/C11H15N3O4/c1-11(2,3)18-10(17)14(4)7-5-12-8(9(15)16)13-6-7/h5-6H,1-4H3,(H,15,16). The molecular formula is C11H15N3O4. The minimum absolute atomic E-state index is 0.323. The number of anilines is 1. The molecule has 0 saturated carbocycles. The van der Waals surface area contributed by atoms with E-state index in [4.69, 9.17) is 9.84 Å². The fourth-order valence-corrected chi connectivity index (χ4v) is 1.04. The third-order valence-electron chi connectivity index (χ3n) is 1.88. The Labute approximate surface area is 104 Å². The molecule has 0 aliphatic heterocycles. The van der Waals surface area contributed by atoms with Gasteiger partial charge in [0.1, 0.15) is 5.60 Å². The minimum Gasteiger partial charge on any atom is -0.475 e. The van der Waals surface area contributed by atoms with Crippen molar-refractivity contribution >= 4 is 17.7 Å². The lowest BCUT2D eigenvalue weighted by Gasteiger charge is -2.24. The van der Waals surface area contributed by atoms with Crippen molar-refractivity contribution < 1.29 is 19.4 Å². The molecule has 1 heterocycles. The zero-order valence-electron chi connectivity index (χ0n) is 10.7. The van der Waals surface area contributed by atoms with Gasteiger partial charge in [0.05, 0.1) is 18.1 Å². The highest BCUT2D eigenvalue weighted by Crippen LogP contribution is 2.14. The lowest BCUT2D eigenvalue weighted by Crippen LogP contribution is -2.34. The molecule has 0 radical (unpaired) electrons. The van der Waals surface area contributed by atoms with E-state index in [0.717, 1.165) is 0 Å². The molecule has 1 aromatic heterocycles. The van der Waals surface area contributed by atoms with Crippen LogP contribution in [0.25, 0.3) is 0 Å². The smallest absolute Gasteiger partial charge is 0.414 e. The van der Waals surface area contributed by atoms with Crippen LogP contribution in [0.15, 0.2) is 12.4 Å². The number of carboxylic acid groups (broad SMARTS) is 1. The summed E-state index contributed by atoms with van der Waals surface area (Å²) >= 11 is 0. The molecule has 0 atom stereocenters. The fourth-order valence-electron chi connectivity index (χ4n) is 1.04. The van der Waals surface area contributed by atoms with Crippen LogP contribution in [0.1, 0.15) is 31.4 Å². The first-order valence-electron chi connectivity index (χ1n) is 5.23. The summed E-state index contributed by atoms with van der Waals surface area (Å²) in [4.78, 5) is 30.7. The number of amides is 1. The monoisotopic (exact) mass is 253 g/mol. The second-order valence-electron chi connectivity index (χ2n) is 4.61. The Balaban J connectivity index is 2.81. The van der Waals surface area contributed by atoms with Crippen LogP contribution < -0.4 is 4.90 Å². The largest absolute Gasteiger partial charge is 0.475 e. The molecule has 98 valence electrons. The van der Waals surface area contributed by atoms with Gasteiger partial charge in [-0.1, -0.05) is 0 Å². The molecule has 1 rings (SSSR count). The Kier molecular flexibility index (Phi) is 3.85. The van der Waals surface area contributed by atoms with Crippen LogP contribution in [0.5, 0.6) is 0 Å². The zero-order chi connectivity index (χ0) is 13.9. The van der Waals surface area contributed by atoms with Gasteiger partial charge in [0.15, 0.2) is 0 Å². The Morgan fingerprint density at radius 3 is 2.17 bits per heavy atom. The van der Waals surface area contributed by atoms with E-state index in [-0.39, 0.29) is 5.82 Å². The van der Waals surface area contributed by atoms with Crippen molar-refractivity contribution in [2.24, 2.45) is 0 Å². The van der Waals surface area contributed by atoms with Crippen LogP contribution in [0.3, 0.4) is 0 Å². The summed E-state index contributed by atoms with van der Waals surface area (Å²) < 4.78 is 5.15. The average molecular weight is 253 g/mol. The van der Waals surface area contributed by atoms with E-state index < -0.39 is 17.7 Å². The number of nitrogens with zero attached hydrogens (tertiary/aromatic N) is 3. The van der Waals surface area contributed by atoms with Crippen LogP contribution in [-0.4, -0.2) is 39.8 Å². The molecule has 7 heteroatoms. The number of aromatic nitrogens is 2. The first-order chi connectivity index (χ1) is 8.20. The fraction of sp³-hybridized carbons (Fsp3) is 0.455. The van der Waals surface area contributed by atoms with Gasteiger partial charge < -0.3 is 9.84 Å². The lowest BCUT2D eigenvalue weighted by atomic mass is 10.2. The SMILES string of the molecule is CN(C(=O)OC(C)(C)C)c1cnc(C(=O)O)nc1. The number of ether oxygens (including phenoxy) is 1. The molecule has 1 aromatic rings. The predicted octanol–water partition coefficient (Wildman–Crippen LogP) is 1.55. The number of carbonyl (C=O) groups excluding carboxylic acids is 1. The Morgan fingerprint density at radius 2 is 1.78 bits per heavy atom. The van der Waals surface area contributed by atoms with E-state index >= 15 is 0 Å². The van der Waals surface area contributed by atoms with Crippen molar-refractivity contribution in [1.29, 1.82) is 0 Å². The Bertz CT molecular complexity index is 450. The number of hydrogen-bond donors (Lipinski definition) is 1. The van der Waals surface area contributed by atoms with Gasteiger partial charge in [0, 0.05) is 7.05 Å². The second kappa shape index (κ2) is 4.99. The van der Waals surface area contributed by atoms with Gasteiger partial charge in [-0.25, -0.2) is 19.6 Å². The molecule has 0 saturated heterocycles. The molecule has 0 aliphatic carbocycles. The van der Waals surface area contributed by atoms with Crippen molar-refractivity contribution in [2.45, 2.75) is 26.4 Å². The molecule has 1 amide bonds.